The van der Waals surface area contributed by atoms with Gasteiger partial charge in [-0.25, -0.2) is 0 Å². The number of nitrogens with one attached hydrogen (secondary N) is 1. The Bertz CT molecular complexity index is 547. The van der Waals surface area contributed by atoms with Crippen molar-refractivity contribution in [3.63, 3.8) is 0 Å². The van der Waals surface area contributed by atoms with Crippen LogP contribution in [-0.4, -0.2) is 16.3 Å². The number of hydrogen-bond donors (Lipinski definition) is 1. The molecule has 5 heteroatoms. The van der Waals surface area contributed by atoms with Crippen LogP contribution >= 0.6 is 11.6 Å². The molecular weight excluding hydrogens is 274 g/mol. The van der Waals surface area contributed by atoms with Crippen LogP contribution in [0.2, 0.25) is 5.02 Å². The normalized spacial score (nSPS) is 12.8. The van der Waals surface area contributed by atoms with Crippen LogP contribution in [0.5, 0.6) is 0 Å². The average molecular weight is 296 g/mol. The van der Waals surface area contributed by atoms with Gasteiger partial charge in [-0.2, -0.15) is 5.10 Å². The van der Waals surface area contributed by atoms with Crippen LogP contribution in [0.1, 0.15) is 50.4 Å². The summed E-state index contributed by atoms with van der Waals surface area (Å²) < 4.78 is 7.86. The Morgan fingerprint density at radius 3 is 2.75 bits per heavy atom. The Balaban J connectivity index is 2.39. The summed E-state index contributed by atoms with van der Waals surface area (Å²) >= 11 is 6.34. The standard InChI is InChI=1S/C15H22ClN3O/c1-4-9-19-15(12(16)10-18-19)14(17-6-3)13-8-7-11(5-2)20-13/h7-8,10,14,17H,4-6,9H2,1-3H3. The van der Waals surface area contributed by atoms with E-state index in [0.29, 0.717) is 5.02 Å². The zero-order valence-corrected chi connectivity index (χ0v) is 13.1. The van der Waals surface area contributed by atoms with Gasteiger partial charge in [0, 0.05) is 13.0 Å². The molecule has 0 amide bonds. The van der Waals surface area contributed by atoms with Gasteiger partial charge in [-0.1, -0.05) is 32.4 Å². The molecule has 0 aliphatic rings. The minimum atomic E-state index is -0.0538. The first-order valence-electron chi connectivity index (χ1n) is 7.24. The summed E-state index contributed by atoms with van der Waals surface area (Å²) in [5, 5.41) is 8.48. The number of hydrogen-bond acceptors (Lipinski definition) is 3. The van der Waals surface area contributed by atoms with E-state index < -0.39 is 0 Å². The van der Waals surface area contributed by atoms with Crippen LogP contribution in [0, 0.1) is 0 Å². The number of aryl methyl sites for hydroxylation is 2. The van der Waals surface area contributed by atoms with Gasteiger partial charge in [0.2, 0.25) is 0 Å². The fourth-order valence-electron chi connectivity index (χ4n) is 2.32. The molecule has 0 aliphatic carbocycles. The van der Waals surface area contributed by atoms with Crippen LogP contribution in [-0.2, 0) is 13.0 Å². The summed E-state index contributed by atoms with van der Waals surface area (Å²) in [4.78, 5) is 0. The monoisotopic (exact) mass is 295 g/mol. The van der Waals surface area contributed by atoms with Crippen molar-refractivity contribution in [3.8, 4) is 0 Å². The highest BCUT2D eigenvalue weighted by atomic mass is 35.5. The fraction of sp³-hybridized carbons (Fsp3) is 0.533. The molecule has 0 aliphatic heterocycles. The predicted molar refractivity (Wildman–Crippen MR) is 81.1 cm³/mol. The molecule has 1 N–H and O–H groups in total. The van der Waals surface area contributed by atoms with E-state index in [9.17, 15) is 0 Å². The van der Waals surface area contributed by atoms with Crippen molar-refractivity contribution < 1.29 is 4.42 Å². The Hall–Kier alpha value is -1.26. The van der Waals surface area contributed by atoms with Gasteiger partial charge in [0.25, 0.3) is 0 Å². The molecule has 2 aromatic heterocycles. The largest absolute Gasteiger partial charge is 0.464 e. The third-order valence-electron chi connectivity index (χ3n) is 3.27. The summed E-state index contributed by atoms with van der Waals surface area (Å²) in [7, 11) is 0. The first-order chi connectivity index (χ1) is 9.71. The summed E-state index contributed by atoms with van der Waals surface area (Å²) in [5.74, 6) is 1.88. The Morgan fingerprint density at radius 1 is 1.35 bits per heavy atom. The molecule has 0 saturated heterocycles. The van der Waals surface area contributed by atoms with E-state index in [1.165, 1.54) is 0 Å². The average Bonchev–Trinajstić information content (AvgIpc) is 3.05. The molecule has 0 fully saturated rings. The molecular formula is C15H22ClN3O. The van der Waals surface area contributed by atoms with Crippen molar-refractivity contribution in [3.05, 3.63) is 40.6 Å². The molecule has 2 heterocycles. The van der Waals surface area contributed by atoms with Gasteiger partial charge >= 0.3 is 0 Å². The number of furan rings is 1. The van der Waals surface area contributed by atoms with Gasteiger partial charge in [-0.15, -0.1) is 0 Å². The molecule has 110 valence electrons. The molecule has 0 bridgehead atoms. The Labute approximate surface area is 125 Å². The van der Waals surface area contributed by atoms with Crippen molar-refractivity contribution in [1.82, 2.24) is 15.1 Å². The van der Waals surface area contributed by atoms with E-state index in [4.69, 9.17) is 16.0 Å². The molecule has 20 heavy (non-hydrogen) atoms. The number of rotatable bonds is 7. The highest BCUT2D eigenvalue weighted by Crippen LogP contribution is 2.29. The summed E-state index contributed by atoms with van der Waals surface area (Å²) in [5.41, 5.74) is 0.979. The van der Waals surface area contributed by atoms with Gasteiger partial charge in [-0.05, 0) is 25.1 Å². The van der Waals surface area contributed by atoms with Crippen molar-refractivity contribution in [2.45, 2.75) is 46.2 Å². The van der Waals surface area contributed by atoms with E-state index in [0.717, 1.165) is 43.1 Å². The molecule has 0 saturated carbocycles. The second kappa shape index (κ2) is 6.95. The minimum absolute atomic E-state index is 0.0538. The van der Waals surface area contributed by atoms with Gasteiger partial charge in [0.1, 0.15) is 17.6 Å². The van der Waals surface area contributed by atoms with Gasteiger partial charge in [0.15, 0.2) is 0 Å². The Morgan fingerprint density at radius 2 is 2.15 bits per heavy atom. The summed E-state index contributed by atoms with van der Waals surface area (Å²) in [6.45, 7) is 7.97. The molecule has 0 aromatic carbocycles. The summed E-state index contributed by atoms with van der Waals surface area (Å²) in [6, 6.07) is 3.99. The van der Waals surface area contributed by atoms with Crippen LogP contribution in [0.25, 0.3) is 0 Å². The SMILES string of the molecule is CCCn1ncc(Cl)c1C(NCC)c1ccc(CC)o1. The molecule has 0 radical (unpaired) electrons. The Kier molecular flexibility index (Phi) is 5.26. The van der Waals surface area contributed by atoms with Crippen molar-refractivity contribution in [2.75, 3.05) is 6.54 Å². The fourth-order valence-corrected chi connectivity index (χ4v) is 2.58. The van der Waals surface area contributed by atoms with E-state index in [1.54, 1.807) is 6.20 Å². The van der Waals surface area contributed by atoms with Crippen LogP contribution in [0.15, 0.2) is 22.7 Å². The third kappa shape index (κ3) is 3.07. The molecule has 4 nitrogen and oxygen atoms in total. The highest BCUT2D eigenvalue weighted by molar-refractivity contribution is 6.31. The maximum Gasteiger partial charge on any atom is 0.127 e. The predicted octanol–water partition coefficient (Wildman–Crippen LogP) is 3.80. The van der Waals surface area contributed by atoms with Crippen LogP contribution in [0.3, 0.4) is 0 Å². The van der Waals surface area contributed by atoms with Crippen molar-refractivity contribution >= 4 is 11.6 Å². The second-order valence-corrected chi connectivity index (χ2v) is 5.16. The molecule has 2 rings (SSSR count). The third-order valence-corrected chi connectivity index (χ3v) is 3.56. The molecule has 2 aromatic rings. The van der Waals surface area contributed by atoms with E-state index in [-0.39, 0.29) is 6.04 Å². The van der Waals surface area contributed by atoms with E-state index in [1.807, 2.05) is 16.8 Å². The quantitative estimate of drug-likeness (QED) is 0.845. The number of halogens is 1. The van der Waals surface area contributed by atoms with Crippen LogP contribution in [0.4, 0.5) is 0 Å². The lowest BCUT2D eigenvalue weighted by molar-refractivity contribution is 0.409. The van der Waals surface area contributed by atoms with Crippen molar-refractivity contribution in [2.24, 2.45) is 0 Å². The van der Waals surface area contributed by atoms with Gasteiger partial charge in [-0.3, -0.25) is 4.68 Å². The topological polar surface area (TPSA) is 43.0 Å². The molecule has 1 atom stereocenters. The molecule has 0 spiro atoms. The highest BCUT2D eigenvalue weighted by Gasteiger charge is 2.24. The minimum Gasteiger partial charge on any atom is -0.464 e. The lowest BCUT2D eigenvalue weighted by Crippen LogP contribution is -2.25. The first kappa shape index (κ1) is 15.1. The number of aromatic nitrogens is 2. The van der Waals surface area contributed by atoms with E-state index >= 15 is 0 Å². The lowest BCUT2D eigenvalue weighted by atomic mass is 10.1. The van der Waals surface area contributed by atoms with Gasteiger partial charge in [0.05, 0.1) is 16.9 Å². The zero-order valence-electron chi connectivity index (χ0n) is 12.3. The zero-order chi connectivity index (χ0) is 14.5. The van der Waals surface area contributed by atoms with Crippen LogP contribution < -0.4 is 5.32 Å². The number of nitrogens with zero attached hydrogens (tertiary/aromatic N) is 2. The molecule has 1 unspecified atom stereocenters. The maximum atomic E-state index is 6.34. The maximum absolute atomic E-state index is 6.34. The summed E-state index contributed by atoms with van der Waals surface area (Å²) in [6.07, 6.45) is 3.61. The van der Waals surface area contributed by atoms with Crippen molar-refractivity contribution in [1.29, 1.82) is 0 Å². The second-order valence-electron chi connectivity index (χ2n) is 4.75. The van der Waals surface area contributed by atoms with E-state index in [2.05, 4.69) is 31.2 Å². The smallest absolute Gasteiger partial charge is 0.127 e. The first-order valence-corrected chi connectivity index (χ1v) is 7.62. The lowest BCUT2D eigenvalue weighted by Gasteiger charge is -2.18. The van der Waals surface area contributed by atoms with Gasteiger partial charge < -0.3 is 9.73 Å².